The smallest absolute Gasteiger partial charge is 0.0456 e. The summed E-state index contributed by atoms with van der Waals surface area (Å²) < 4.78 is 0. The van der Waals surface area contributed by atoms with Crippen molar-refractivity contribution < 1.29 is 0 Å². The van der Waals surface area contributed by atoms with Gasteiger partial charge in [-0.2, -0.15) is 0 Å². The number of nitrogens with zero attached hydrogens (tertiary/aromatic N) is 4. The first-order valence-corrected chi connectivity index (χ1v) is 14.2. The van der Waals surface area contributed by atoms with Crippen molar-refractivity contribution in [3.05, 3.63) is 0 Å². The fraction of sp³-hybridized carbons (Fsp3) is 1.00. The Kier molecular flexibility index (Phi) is 27.2. The van der Waals surface area contributed by atoms with E-state index >= 15 is 0 Å². The highest BCUT2D eigenvalue weighted by atomic mass is 15.2. The van der Waals surface area contributed by atoms with Crippen LogP contribution < -0.4 is 45.0 Å². The van der Waals surface area contributed by atoms with Crippen molar-refractivity contribution in [2.75, 3.05) is 138 Å². The van der Waals surface area contributed by atoms with Gasteiger partial charge in [-0.3, -0.25) is 14.7 Å². The maximum atomic E-state index is 5.80. The molecule has 0 spiro atoms. The Balaban J connectivity index is 4.72. The molecule has 0 fully saturated rings. The Labute approximate surface area is 221 Å². The fourth-order valence-corrected chi connectivity index (χ4v) is 4.13. The van der Waals surface area contributed by atoms with Crippen LogP contribution in [0.15, 0.2) is 0 Å². The van der Waals surface area contributed by atoms with Crippen LogP contribution in [0.1, 0.15) is 19.3 Å². The summed E-state index contributed by atoms with van der Waals surface area (Å²) >= 11 is 0. The molecule has 14 N–H and O–H groups in total. The van der Waals surface area contributed by atoms with E-state index in [9.17, 15) is 0 Å². The lowest BCUT2D eigenvalue weighted by Crippen LogP contribution is -2.45. The first-order chi connectivity index (χ1) is 17.6. The molecule has 0 atom stereocenters. The molecule has 0 amide bonds. The average molecular weight is 519 g/mol. The predicted molar refractivity (Wildman–Crippen MR) is 155 cm³/mol. The molecule has 0 aliphatic heterocycles. The highest BCUT2D eigenvalue weighted by Crippen LogP contribution is 2.01. The summed E-state index contributed by atoms with van der Waals surface area (Å²) in [6.45, 7) is 18.5. The molecule has 12 heteroatoms. The summed E-state index contributed by atoms with van der Waals surface area (Å²) in [5.74, 6) is 0. The van der Waals surface area contributed by atoms with Crippen LogP contribution >= 0.6 is 0 Å². The lowest BCUT2D eigenvalue weighted by Gasteiger charge is -2.30. The van der Waals surface area contributed by atoms with Crippen molar-refractivity contribution >= 4 is 0 Å². The Morgan fingerprint density at radius 1 is 0.333 bits per heavy atom. The second-order valence-electron chi connectivity index (χ2n) is 9.33. The van der Waals surface area contributed by atoms with Gasteiger partial charge in [0, 0.05) is 124 Å². The van der Waals surface area contributed by atoms with E-state index in [0.29, 0.717) is 32.8 Å². The van der Waals surface area contributed by atoms with Gasteiger partial charge in [0.1, 0.15) is 0 Å². The van der Waals surface area contributed by atoms with E-state index in [1.165, 1.54) is 12.8 Å². The van der Waals surface area contributed by atoms with Gasteiger partial charge in [0.15, 0.2) is 0 Å². The minimum atomic E-state index is 0.549. The van der Waals surface area contributed by atoms with Crippen molar-refractivity contribution in [2.24, 2.45) is 34.4 Å². The van der Waals surface area contributed by atoms with Gasteiger partial charge >= 0.3 is 0 Å². The number of hydrogen-bond acceptors (Lipinski definition) is 12. The molecule has 0 saturated heterocycles. The number of nitrogens with two attached hydrogens (primary N) is 6. The summed E-state index contributed by atoms with van der Waals surface area (Å²) in [6.07, 6.45) is 3.46. The van der Waals surface area contributed by atoms with Gasteiger partial charge in [0.05, 0.1) is 0 Å². The monoisotopic (exact) mass is 519 g/mol. The van der Waals surface area contributed by atoms with Gasteiger partial charge in [-0.05, 0) is 25.9 Å². The molecule has 0 aromatic carbocycles. The Morgan fingerprint density at radius 3 is 1.25 bits per heavy atom. The lowest BCUT2D eigenvalue weighted by molar-refractivity contribution is 0.175. The van der Waals surface area contributed by atoms with Crippen LogP contribution in [-0.2, 0) is 0 Å². The Morgan fingerprint density at radius 2 is 0.778 bits per heavy atom. The summed E-state index contributed by atoms with van der Waals surface area (Å²) in [7, 11) is 0. The Hall–Kier alpha value is -0.480. The maximum absolute atomic E-state index is 5.80. The molecule has 0 unspecified atom stereocenters. The topological polar surface area (TPSA) is 193 Å². The van der Waals surface area contributed by atoms with E-state index < -0.39 is 0 Å². The van der Waals surface area contributed by atoms with Crippen LogP contribution in [0.3, 0.4) is 0 Å². The van der Waals surface area contributed by atoms with Crippen LogP contribution in [-0.4, -0.2) is 157 Å². The summed E-state index contributed by atoms with van der Waals surface area (Å²) in [5, 5.41) is 7.00. The minimum Gasteiger partial charge on any atom is -0.330 e. The van der Waals surface area contributed by atoms with Crippen LogP contribution in [0.4, 0.5) is 0 Å². The molecule has 0 aliphatic rings. The number of rotatable bonds is 29. The minimum absolute atomic E-state index is 0.549. The standard InChI is InChI=1S/C24H62N12/c25-4-2-1-3-13-33(20-22-34(14-6-27)15-7-28)21-23-35(17-10-31-9-5-26)18-11-32-12-19-36(24-30)16-8-29/h31-32H,1-30H2. The van der Waals surface area contributed by atoms with Crippen LogP contribution in [0, 0.1) is 0 Å². The molecular weight excluding hydrogens is 456 g/mol. The van der Waals surface area contributed by atoms with Gasteiger partial charge in [0.25, 0.3) is 0 Å². The highest BCUT2D eigenvalue weighted by Gasteiger charge is 2.12. The first kappa shape index (κ1) is 35.5. The zero-order valence-corrected chi connectivity index (χ0v) is 23.2. The van der Waals surface area contributed by atoms with E-state index in [1.807, 2.05) is 0 Å². The molecule has 0 saturated carbocycles. The highest BCUT2D eigenvalue weighted by molar-refractivity contribution is 4.70. The lowest BCUT2D eigenvalue weighted by atomic mass is 10.2. The van der Waals surface area contributed by atoms with Crippen molar-refractivity contribution in [2.45, 2.75) is 19.3 Å². The van der Waals surface area contributed by atoms with E-state index in [4.69, 9.17) is 34.4 Å². The van der Waals surface area contributed by atoms with Crippen molar-refractivity contribution in [3.8, 4) is 0 Å². The van der Waals surface area contributed by atoms with Crippen molar-refractivity contribution in [1.29, 1.82) is 0 Å². The van der Waals surface area contributed by atoms with Crippen LogP contribution in [0.25, 0.3) is 0 Å². The average Bonchev–Trinajstić information content (AvgIpc) is 2.88. The molecule has 0 bridgehead atoms. The predicted octanol–water partition coefficient (Wildman–Crippen LogP) is -3.75. The number of nitrogens with one attached hydrogen (secondary N) is 2. The van der Waals surface area contributed by atoms with E-state index in [1.54, 1.807) is 0 Å². The second-order valence-corrected chi connectivity index (χ2v) is 9.33. The molecule has 0 radical (unpaired) electrons. The molecule has 12 nitrogen and oxygen atoms in total. The van der Waals surface area contributed by atoms with E-state index in [-0.39, 0.29) is 0 Å². The molecule has 36 heavy (non-hydrogen) atoms. The SMILES string of the molecule is NCCCCCN(CCN(CCN)CCN)CCN(CCNCCN)CCNCCN(CN)CCN. The number of hydrogen-bond donors (Lipinski definition) is 8. The van der Waals surface area contributed by atoms with Gasteiger partial charge < -0.3 is 49.9 Å². The third kappa shape index (κ3) is 21.6. The molecule has 0 heterocycles. The quantitative estimate of drug-likeness (QED) is 0.0357. The Bertz CT molecular complexity index is 426. The van der Waals surface area contributed by atoms with E-state index in [2.05, 4.69) is 30.2 Å². The van der Waals surface area contributed by atoms with Crippen molar-refractivity contribution in [1.82, 2.24) is 30.2 Å². The summed E-state index contributed by atoms with van der Waals surface area (Å²) in [5.41, 5.74) is 34.4. The largest absolute Gasteiger partial charge is 0.330 e. The molecule has 0 aromatic heterocycles. The zero-order valence-electron chi connectivity index (χ0n) is 23.2. The summed E-state index contributed by atoms with van der Waals surface area (Å²) in [6, 6.07) is 0. The molecule has 218 valence electrons. The molecular formula is C24H62N12. The van der Waals surface area contributed by atoms with Crippen LogP contribution in [0.5, 0.6) is 0 Å². The third-order valence-electron chi connectivity index (χ3n) is 6.37. The zero-order chi connectivity index (χ0) is 26.7. The van der Waals surface area contributed by atoms with Crippen molar-refractivity contribution in [3.63, 3.8) is 0 Å². The first-order valence-electron chi connectivity index (χ1n) is 14.2. The van der Waals surface area contributed by atoms with Gasteiger partial charge in [0.2, 0.25) is 0 Å². The number of unbranched alkanes of at least 4 members (excludes halogenated alkanes) is 2. The second kappa shape index (κ2) is 27.6. The van der Waals surface area contributed by atoms with Gasteiger partial charge in [-0.25, -0.2) is 0 Å². The maximum Gasteiger partial charge on any atom is 0.0456 e. The van der Waals surface area contributed by atoms with Crippen LogP contribution in [0.2, 0.25) is 0 Å². The normalized spacial score (nSPS) is 12.2. The third-order valence-corrected chi connectivity index (χ3v) is 6.37. The molecule has 0 rings (SSSR count). The van der Waals surface area contributed by atoms with E-state index in [0.717, 1.165) is 111 Å². The van der Waals surface area contributed by atoms with Gasteiger partial charge in [-0.1, -0.05) is 6.42 Å². The summed E-state index contributed by atoms with van der Waals surface area (Å²) in [4.78, 5) is 9.68. The molecule has 0 aliphatic carbocycles. The molecule has 0 aromatic rings. The van der Waals surface area contributed by atoms with Gasteiger partial charge in [-0.15, -0.1) is 0 Å². The fourth-order valence-electron chi connectivity index (χ4n) is 4.13.